The molecule has 0 radical (unpaired) electrons. The lowest BCUT2D eigenvalue weighted by Gasteiger charge is -2.34. The second-order valence-electron chi connectivity index (χ2n) is 12.4. The maximum absolute atomic E-state index is 14.7. The van der Waals surface area contributed by atoms with Crippen LogP contribution in [-0.2, 0) is 29.2 Å². The van der Waals surface area contributed by atoms with Crippen molar-refractivity contribution in [1.82, 2.24) is 19.4 Å². The highest BCUT2D eigenvalue weighted by Gasteiger charge is 2.30. The Bertz CT molecular complexity index is 1830. The molecule has 10 nitrogen and oxygen atoms in total. The summed E-state index contributed by atoms with van der Waals surface area (Å²) in [6.45, 7) is 5.35. The Morgan fingerprint density at radius 3 is 2.13 bits per heavy atom. The Morgan fingerprint density at radius 1 is 0.872 bits per heavy atom. The summed E-state index contributed by atoms with van der Waals surface area (Å²) in [5.74, 6) is -2.10. The van der Waals surface area contributed by atoms with Crippen molar-refractivity contribution >= 4 is 17.7 Å². The van der Waals surface area contributed by atoms with Gasteiger partial charge in [0, 0.05) is 31.4 Å². The van der Waals surface area contributed by atoms with Gasteiger partial charge in [0.15, 0.2) is 0 Å². The maximum atomic E-state index is 14.7. The SMILES string of the molecule is CC(C)(C)OC(=O)N[C@@H](Cn1c(=O)c(N2CCN(Cc3ccccc3)CC2=O)cn(Cc2c(F)cccc2F)c1=O)c1ccccc1. The van der Waals surface area contributed by atoms with Crippen molar-refractivity contribution in [1.29, 1.82) is 0 Å². The molecule has 0 spiro atoms. The zero-order chi connectivity index (χ0) is 33.7. The number of ether oxygens (including phenoxy) is 1. The zero-order valence-electron chi connectivity index (χ0n) is 26.5. The van der Waals surface area contributed by atoms with E-state index in [2.05, 4.69) is 5.32 Å². The zero-order valence-corrected chi connectivity index (χ0v) is 26.5. The number of amides is 2. The van der Waals surface area contributed by atoms with E-state index in [-0.39, 0.29) is 36.8 Å². The van der Waals surface area contributed by atoms with Crippen LogP contribution in [-0.4, -0.2) is 51.3 Å². The van der Waals surface area contributed by atoms with Crippen molar-refractivity contribution in [3.8, 4) is 0 Å². The Balaban J connectivity index is 1.54. The van der Waals surface area contributed by atoms with Gasteiger partial charge in [0.1, 0.15) is 22.9 Å². The number of halogens is 2. The van der Waals surface area contributed by atoms with Gasteiger partial charge < -0.3 is 15.0 Å². The van der Waals surface area contributed by atoms with Crippen LogP contribution >= 0.6 is 0 Å². The van der Waals surface area contributed by atoms with Crippen molar-refractivity contribution in [2.45, 2.75) is 52.0 Å². The molecule has 246 valence electrons. The predicted octanol–water partition coefficient (Wildman–Crippen LogP) is 4.45. The number of anilines is 1. The lowest BCUT2D eigenvalue weighted by molar-refractivity contribution is -0.121. The van der Waals surface area contributed by atoms with Crippen LogP contribution < -0.4 is 21.5 Å². The first-order valence-electron chi connectivity index (χ1n) is 15.3. The molecule has 0 unspecified atom stereocenters. The van der Waals surface area contributed by atoms with Gasteiger partial charge in [0.25, 0.3) is 5.56 Å². The number of aromatic nitrogens is 2. The molecular formula is C35H37F2N5O5. The second kappa shape index (κ2) is 14.1. The highest BCUT2D eigenvalue weighted by Crippen LogP contribution is 2.20. The molecule has 0 saturated carbocycles. The minimum absolute atomic E-state index is 0.0161. The number of alkyl carbamates (subject to hydrolysis) is 1. The van der Waals surface area contributed by atoms with Crippen LogP contribution in [0.3, 0.4) is 0 Å². The van der Waals surface area contributed by atoms with Crippen LogP contribution in [0.1, 0.15) is 43.5 Å². The largest absolute Gasteiger partial charge is 0.444 e. The molecule has 1 aliphatic heterocycles. The van der Waals surface area contributed by atoms with E-state index >= 15 is 0 Å². The second-order valence-corrected chi connectivity index (χ2v) is 12.4. The first kappa shape index (κ1) is 33.3. The van der Waals surface area contributed by atoms with E-state index in [1.807, 2.05) is 35.2 Å². The molecule has 4 aromatic rings. The molecule has 2 amide bonds. The highest BCUT2D eigenvalue weighted by atomic mass is 19.1. The van der Waals surface area contributed by atoms with Crippen molar-refractivity contribution in [2.24, 2.45) is 0 Å². The molecule has 0 aliphatic carbocycles. The lowest BCUT2D eigenvalue weighted by Crippen LogP contribution is -2.53. The molecule has 2 heterocycles. The van der Waals surface area contributed by atoms with E-state index in [4.69, 9.17) is 4.74 Å². The number of piperazine rings is 1. The Hall–Kier alpha value is -5.10. The molecule has 1 atom stereocenters. The smallest absolute Gasteiger partial charge is 0.408 e. The summed E-state index contributed by atoms with van der Waals surface area (Å²) in [6.07, 6.45) is 0.408. The third kappa shape index (κ3) is 8.20. The number of rotatable bonds is 9. The van der Waals surface area contributed by atoms with Gasteiger partial charge in [-0.3, -0.25) is 23.6 Å². The Morgan fingerprint density at radius 2 is 1.51 bits per heavy atom. The van der Waals surface area contributed by atoms with Gasteiger partial charge >= 0.3 is 11.8 Å². The van der Waals surface area contributed by atoms with E-state index in [1.54, 1.807) is 51.1 Å². The van der Waals surface area contributed by atoms with Gasteiger partial charge in [-0.2, -0.15) is 0 Å². The van der Waals surface area contributed by atoms with E-state index in [9.17, 15) is 28.0 Å². The van der Waals surface area contributed by atoms with Gasteiger partial charge in [0.05, 0.1) is 25.7 Å². The van der Waals surface area contributed by atoms with Crippen molar-refractivity contribution < 1.29 is 23.1 Å². The van der Waals surface area contributed by atoms with Gasteiger partial charge in [-0.15, -0.1) is 0 Å². The number of hydrogen-bond donors (Lipinski definition) is 1. The molecule has 12 heteroatoms. The summed E-state index contributed by atoms with van der Waals surface area (Å²) in [7, 11) is 0. The van der Waals surface area contributed by atoms with Crippen LogP contribution in [0.2, 0.25) is 0 Å². The number of benzene rings is 3. The highest BCUT2D eigenvalue weighted by molar-refractivity contribution is 5.95. The van der Waals surface area contributed by atoms with Gasteiger partial charge in [0.2, 0.25) is 5.91 Å². The monoisotopic (exact) mass is 645 g/mol. The molecule has 47 heavy (non-hydrogen) atoms. The number of carbonyl (C=O) groups excluding carboxylic acids is 2. The molecule has 3 aromatic carbocycles. The van der Waals surface area contributed by atoms with E-state index in [0.29, 0.717) is 18.7 Å². The normalized spacial score (nSPS) is 14.6. The average Bonchev–Trinajstić information content (AvgIpc) is 3.02. The Kier molecular flexibility index (Phi) is 10.00. The number of nitrogens with one attached hydrogen (secondary N) is 1. The summed E-state index contributed by atoms with van der Waals surface area (Å²) < 4.78 is 36.8. The molecule has 1 fully saturated rings. The number of nitrogens with zero attached hydrogens (tertiary/aromatic N) is 4. The van der Waals surface area contributed by atoms with Gasteiger partial charge in [-0.1, -0.05) is 66.7 Å². The van der Waals surface area contributed by atoms with Crippen LogP contribution in [0.4, 0.5) is 19.3 Å². The summed E-state index contributed by atoms with van der Waals surface area (Å²) in [6, 6.07) is 20.8. The minimum atomic E-state index is -0.913. The van der Waals surface area contributed by atoms with E-state index < -0.39 is 47.2 Å². The quantitative estimate of drug-likeness (QED) is 0.289. The third-order valence-corrected chi connectivity index (χ3v) is 7.71. The van der Waals surface area contributed by atoms with Crippen LogP contribution in [0.25, 0.3) is 0 Å². The van der Waals surface area contributed by atoms with Gasteiger partial charge in [-0.25, -0.2) is 18.4 Å². The van der Waals surface area contributed by atoms with Crippen molar-refractivity contribution in [3.05, 3.63) is 134 Å². The predicted molar refractivity (Wildman–Crippen MR) is 173 cm³/mol. The average molecular weight is 646 g/mol. The lowest BCUT2D eigenvalue weighted by atomic mass is 10.1. The minimum Gasteiger partial charge on any atom is -0.444 e. The van der Waals surface area contributed by atoms with E-state index in [1.165, 1.54) is 17.2 Å². The fourth-order valence-electron chi connectivity index (χ4n) is 5.46. The van der Waals surface area contributed by atoms with Crippen molar-refractivity contribution in [3.63, 3.8) is 0 Å². The fraction of sp³-hybridized carbons (Fsp3) is 0.314. The Labute approximate surface area is 270 Å². The van der Waals surface area contributed by atoms with E-state index in [0.717, 1.165) is 26.8 Å². The topological polar surface area (TPSA) is 106 Å². The number of carbonyl (C=O) groups is 2. The van der Waals surface area contributed by atoms with Crippen LogP contribution in [0.15, 0.2) is 94.6 Å². The molecular weight excluding hydrogens is 608 g/mol. The first-order valence-corrected chi connectivity index (χ1v) is 15.3. The molecule has 0 bridgehead atoms. The molecule has 5 rings (SSSR count). The summed E-state index contributed by atoms with van der Waals surface area (Å²) >= 11 is 0. The first-order chi connectivity index (χ1) is 22.4. The summed E-state index contributed by atoms with van der Waals surface area (Å²) in [5.41, 5.74) is -1.36. The molecule has 1 N–H and O–H groups in total. The summed E-state index contributed by atoms with van der Waals surface area (Å²) in [5, 5.41) is 2.74. The van der Waals surface area contributed by atoms with Crippen molar-refractivity contribution in [2.75, 3.05) is 24.5 Å². The molecule has 1 aliphatic rings. The maximum Gasteiger partial charge on any atom is 0.408 e. The van der Waals surface area contributed by atoms with Gasteiger partial charge in [-0.05, 0) is 44.0 Å². The van der Waals surface area contributed by atoms with Crippen LogP contribution in [0.5, 0.6) is 0 Å². The number of hydrogen-bond acceptors (Lipinski definition) is 6. The third-order valence-electron chi connectivity index (χ3n) is 7.71. The standard InChI is InChI=1S/C35H37F2N5O5/c1-35(2,3)47-33(45)38-29(25-13-8-5-9-14-25)21-42-32(44)30(22-40(34(42)46)20-26-27(36)15-10-16-28(26)37)41-18-17-39(23-31(41)43)19-24-11-6-4-7-12-24/h4-16,22,29H,17-21,23H2,1-3H3,(H,38,45)/t29-/m0/s1. The molecule has 1 aromatic heterocycles. The fourth-order valence-corrected chi connectivity index (χ4v) is 5.46. The summed E-state index contributed by atoms with van der Waals surface area (Å²) in [4.78, 5) is 57.6. The van der Waals surface area contributed by atoms with Crippen LogP contribution in [0, 0.1) is 11.6 Å². The molecule has 1 saturated heterocycles.